The van der Waals surface area contributed by atoms with Crippen molar-refractivity contribution in [2.75, 3.05) is 5.32 Å². The first-order valence-corrected chi connectivity index (χ1v) is 10.4. The second kappa shape index (κ2) is 7.70. The molecule has 0 atom stereocenters. The quantitative estimate of drug-likeness (QED) is 0.526. The van der Waals surface area contributed by atoms with Crippen LogP contribution in [0.15, 0.2) is 34.1 Å². The van der Waals surface area contributed by atoms with E-state index < -0.39 is 11.2 Å². The molecule has 0 bridgehead atoms. The van der Waals surface area contributed by atoms with E-state index in [9.17, 15) is 14.4 Å². The summed E-state index contributed by atoms with van der Waals surface area (Å²) >= 11 is 0. The maximum absolute atomic E-state index is 13.2. The Morgan fingerprint density at radius 3 is 2.34 bits per heavy atom. The molecule has 0 saturated heterocycles. The summed E-state index contributed by atoms with van der Waals surface area (Å²) in [5, 5.41) is 8.12. The lowest BCUT2D eigenvalue weighted by molar-refractivity contribution is 0.102. The number of anilines is 1. The van der Waals surface area contributed by atoms with E-state index in [1.165, 1.54) is 23.9 Å². The normalized spacial score (nSPS) is 11.8. The summed E-state index contributed by atoms with van der Waals surface area (Å²) in [5.74, 6) is -0.237. The minimum atomic E-state index is -0.474. The van der Waals surface area contributed by atoms with Crippen molar-refractivity contribution in [2.24, 2.45) is 14.1 Å². The predicted molar refractivity (Wildman–Crippen MR) is 122 cm³/mol. The highest BCUT2D eigenvalue weighted by atomic mass is 16.2. The van der Waals surface area contributed by atoms with Crippen LogP contribution >= 0.6 is 0 Å². The Labute approximate surface area is 183 Å². The number of hydrogen-bond acceptors (Lipinski definition) is 6. The van der Waals surface area contributed by atoms with Gasteiger partial charge in [-0.2, -0.15) is 5.10 Å². The third kappa shape index (κ3) is 3.37. The predicted octanol–water partition coefficient (Wildman–Crippen LogP) is 2.33. The number of carbonyl (C=O) groups is 1. The first-order valence-electron chi connectivity index (χ1n) is 10.4. The molecule has 4 aromatic heterocycles. The highest BCUT2D eigenvalue weighted by Crippen LogP contribution is 2.25. The molecule has 0 aliphatic carbocycles. The SMILES string of the molecule is CC(C)c1cc(C(=O)Nc2cnc3c(c2)c(=O)n(C)c(=O)n3C)c2cnn(C(C)C)c2n1. The Hall–Kier alpha value is -3.82. The van der Waals surface area contributed by atoms with E-state index in [0.29, 0.717) is 22.3 Å². The summed E-state index contributed by atoms with van der Waals surface area (Å²) in [4.78, 5) is 46.9. The first kappa shape index (κ1) is 21.4. The molecular weight excluding hydrogens is 410 g/mol. The van der Waals surface area contributed by atoms with Crippen LogP contribution in [-0.4, -0.2) is 34.8 Å². The molecule has 0 spiro atoms. The number of pyridine rings is 2. The minimum absolute atomic E-state index is 0.0888. The van der Waals surface area contributed by atoms with Crippen molar-refractivity contribution < 1.29 is 4.79 Å². The number of hydrogen-bond donors (Lipinski definition) is 1. The number of nitrogens with one attached hydrogen (secondary N) is 1. The zero-order valence-corrected chi connectivity index (χ0v) is 18.9. The van der Waals surface area contributed by atoms with Crippen molar-refractivity contribution in [2.45, 2.75) is 39.7 Å². The lowest BCUT2D eigenvalue weighted by atomic mass is 10.0. The van der Waals surface area contributed by atoms with Crippen molar-refractivity contribution in [3.05, 3.63) is 56.6 Å². The molecule has 4 aromatic rings. The fourth-order valence-corrected chi connectivity index (χ4v) is 3.63. The van der Waals surface area contributed by atoms with E-state index in [4.69, 9.17) is 4.98 Å². The summed E-state index contributed by atoms with van der Waals surface area (Å²) in [7, 11) is 2.95. The van der Waals surface area contributed by atoms with E-state index in [1.807, 2.05) is 27.7 Å². The van der Waals surface area contributed by atoms with Crippen LogP contribution < -0.4 is 16.6 Å². The molecule has 10 heteroatoms. The Bertz CT molecular complexity index is 1490. The molecule has 32 heavy (non-hydrogen) atoms. The average molecular weight is 435 g/mol. The number of aromatic nitrogens is 6. The van der Waals surface area contributed by atoms with Crippen molar-refractivity contribution in [3.8, 4) is 0 Å². The van der Waals surface area contributed by atoms with E-state index in [0.717, 1.165) is 10.3 Å². The van der Waals surface area contributed by atoms with E-state index in [1.54, 1.807) is 24.0 Å². The van der Waals surface area contributed by atoms with Crippen molar-refractivity contribution in [1.82, 2.24) is 28.9 Å². The molecule has 0 aromatic carbocycles. The average Bonchev–Trinajstić information content (AvgIpc) is 3.19. The number of carbonyl (C=O) groups excluding carboxylic acids is 1. The van der Waals surface area contributed by atoms with Gasteiger partial charge in [-0.05, 0) is 31.9 Å². The number of fused-ring (bicyclic) bond motifs is 2. The molecule has 4 rings (SSSR count). The number of amides is 1. The van der Waals surface area contributed by atoms with Crippen LogP contribution in [0, 0.1) is 0 Å². The van der Waals surface area contributed by atoms with Gasteiger partial charge < -0.3 is 5.32 Å². The highest BCUT2D eigenvalue weighted by Gasteiger charge is 2.20. The number of nitrogens with zero attached hydrogens (tertiary/aromatic N) is 6. The van der Waals surface area contributed by atoms with E-state index >= 15 is 0 Å². The molecule has 0 unspecified atom stereocenters. The Balaban J connectivity index is 1.81. The monoisotopic (exact) mass is 435 g/mol. The Kier molecular flexibility index (Phi) is 5.15. The van der Waals surface area contributed by atoms with Gasteiger partial charge in [-0.1, -0.05) is 13.8 Å². The maximum Gasteiger partial charge on any atom is 0.332 e. The van der Waals surface area contributed by atoms with Gasteiger partial charge >= 0.3 is 5.69 Å². The summed E-state index contributed by atoms with van der Waals surface area (Å²) in [5.41, 5.74) is 1.54. The zero-order valence-electron chi connectivity index (χ0n) is 18.9. The molecule has 1 N–H and O–H groups in total. The third-order valence-electron chi connectivity index (χ3n) is 5.46. The van der Waals surface area contributed by atoms with Crippen LogP contribution in [0.2, 0.25) is 0 Å². The van der Waals surface area contributed by atoms with Gasteiger partial charge in [0.2, 0.25) is 0 Å². The van der Waals surface area contributed by atoms with Crippen molar-refractivity contribution in [3.63, 3.8) is 0 Å². The minimum Gasteiger partial charge on any atom is -0.321 e. The van der Waals surface area contributed by atoms with E-state index in [2.05, 4.69) is 15.4 Å². The van der Waals surface area contributed by atoms with Gasteiger partial charge in [0, 0.05) is 25.8 Å². The summed E-state index contributed by atoms with van der Waals surface area (Å²) in [6.07, 6.45) is 3.07. The molecule has 0 aliphatic heterocycles. The second-order valence-electron chi connectivity index (χ2n) is 8.42. The number of aryl methyl sites for hydroxylation is 1. The first-order chi connectivity index (χ1) is 15.1. The lowest BCUT2D eigenvalue weighted by Crippen LogP contribution is -2.37. The smallest absolute Gasteiger partial charge is 0.321 e. The molecule has 1 amide bonds. The third-order valence-corrected chi connectivity index (χ3v) is 5.46. The van der Waals surface area contributed by atoms with Crippen LogP contribution in [0.25, 0.3) is 22.1 Å². The lowest BCUT2D eigenvalue weighted by Gasteiger charge is -2.13. The molecule has 0 radical (unpaired) electrons. The van der Waals surface area contributed by atoms with Crippen LogP contribution in [0.4, 0.5) is 5.69 Å². The van der Waals surface area contributed by atoms with Crippen molar-refractivity contribution >= 4 is 33.7 Å². The standard InChI is InChI=1S/C22H25N7O3/c1-11(2)17-8-14(16-10-24-29(12(3)4)19(16)26-17)20(30)25-13-7-15-18(23-9-13)27(5)22(32)28(6)21(15)31/h7-12H,1-6H3,(H,25,30). The Morgan fingerprint density at radius 2 is 1.69 bits per heavy atom. The zero-order chi connectivity index (χ0) is 23.3. The summed E-state index contributed by atoms with van der Waals surface area (Å²) in [6.45, 7) is 8.04. The Morgan fingerprint density at radius 1 is 0.969 bits per heavy atom. The van der Waals surface area contributed by atoms with Gasteiger partial charge in [0.15, 0.2) is 5.65 Å². The van der Waals surface area contributed by atoms with Gasteiger partial charge in [-0.25, -0.2) is 19.4 Å². The maximum atomic E-state index is 13.2. The summed E-state index contributed by atoms with van der Waals surface area (Å²) in [6, 6.07) is 3.39. The van der Waals surface area contributed by atoms with Gasteiger partial charge in [-0.3, -0.25) is 18.7 Å². The molecule has 166 valence electrons. The topological polar surface area (TPSA) is 117 Å². The molecule has 10 nitrogen and oxygen atoms in total. The van der Waals surface area contributed by atoms with E-state index in [-0.39, 0.29) is 28.9 Å². The van der Waals surface area contributed by atoms with Crippen molar-refractivity contribution in [1.29, 1.82) is 0 Å². The van der Waals surface area contributed by atoms with Gasteiger partial charge in [0.25, 0.3) is 11.5 Å². The van der Waals surface area contributed by atoms with Gasteiger partial charge in [0.1, 0.15) is 5.65 Å². The molecule has 0 aliphatic rings. The fourth-order valence-electron chi connectivity index (χ4n) is 3.63. The highest BCUT2D eigenvalue weighted by molar-refractivity contribution is 6.12. The molecule has 0 saturated carbocycles. The van der Waals surface area contributed by atoms with Gasteiger partial charge in [-0.15, -0.1) is 0 Å². The second-order valence-corrected chi connectivity index (χ2v) is 8.42. The number of rotatable bonds is 4. The van der Waals surface area contributed by atoms with Crippen LogP contribution in [0.3, 0.4) is 0 Å². The van der Waals surface area contributed by atoms with Gasteiger partial charge in [0.05, 0.1) is 34.4 Å². The molecule has 0 fully saturated rings. The van der Waals surface area contributed by atoms with Crippen LogP contribution in [-0.2, 0) is 14.1 Å². The summed E-state index contributed by atoms with van der Waals surface area (Å²) < 4.78 is 4.10. The van der Waals surface area contributed by atoms with Crippen LogP contribution in [0.5, 0.6) is 0 Å². The largest absolute Gasteiger partial charge is 0.332 e. The van der Waals surface area contributed by atoms with Crippen LogP contribution in [0.1, 0.15) is 55.7 Å². The molecular formula is C22H25N7O3. The molecule has 4 heterocycles. The fraction of sp³-hybridized carbons (Fsp3) is 0.364.